The molecular weight excluding hydrogens is 550 g/mol. The van der Waals surface area contributed by atoms with Gasteiger partial charge in [-0.3, -0.25) is 4.79 Å². The van der Waals surface area contributed by atoms with E-state index in [4.69, 9.17) is 18.9 Å². The number of aromatic amines is 1. The minimum atomic E-state index is -1.35. The average molecular weight is 578 g/mol. The standard InChI is InChI=1S/C28H27N5O7S/c1-37-22-13-19(14-23(38-2)26(22)39-3)27-31-32-28(33(27)20-10-5-4-6-11-20)41-17-24(34)30-29-15-18-9-7-8-12-21(18)40-16-25(35)36/h4-15H,16-17H2,1-3H3,(H2,30,34,35,36). The van der Waals surface area contributed by atoms with Gasteiger partial charge in [0, 0.05) is 5.56 Å². The second-order valence-electron chi connectivity index (χ2n) is 8.22. The number of amides is 1. The molecule has 0 aliphatic heterocycles. The normalized spacial score (nSPS) is 10.8. The Morgan fingerprint density at radius 3 is 2.34 bits per heavy atom. The second-order valence-corrected chi connectivity index (χ2v) is 9.16. The number of nitrogens with one attached hydrogen (secondary N) is 2. The quantitative estimate of drug-likeness (QED) is 0.105. The largest absolute Gasteiger partial charge is 0.546 e. The summed E-state index contributed by atoms with van der Waals surface area (Å²) in [5.74, 6) is 0.631. The van der Waals surface area contributed by atoms with Gasteiger partial charge in [-0.05, 0) is 48.2 Å². The summed E-state index contributed by atoms with van der Waals surface area (Å²) in [6.07, 6.45) is 1.37. The van der Waals surface area contributed by atoms with Crippen molar-refractivity contribution in [1.29, 1.82) is 0 Å². The molecule has 0 saturated heterocycles. The third-order valence-corrected chi connectivity index (χ3v) is 6.55. The van der Waals surface area contributed by atoms with Crippen molar-refractivity contribution in [2.45, 2.75) is 5.16 Å². The lowest BCUT2D eigenvalue weighted by molar-refractivity contribution is -0.625. The van der Waals surface area contributed by atoms with Gasteiger partial charge < -0.3 is 28.8 Å². The van der Waals surface area contributed by atoms with Crippen LogP contribution in [0.3, 0.4) is 0 Å². The molecule has 0 atom stereocenters. The van der Waals surface area contributed by atoms with Crippen molar-refractivity contribution in [3.05, 3.63) is 72.3 Å². The summed E-state index contributed by atoms with van der Waals surface area (Å²) in [7, 11) is 4.62. The molecule has 0 radical (unpaired) electrons. The molecule has 0 aliphatic rings. The molecule has 0 fully saturated rings. The molecule has 4 rings (SSSR count). The fourth-order valence-corrected chi connectivity index (χ4v) is 4.57. The number of hydrazone groups is 1. The van der Waals surface area contributed by atoms with Crippen LogP contribution in [0.25, 0.3) is 17.1 Å². The maximum absolute atomic E-state index is 12.6. The molecule has 1 amide bonds. The van der Waals surface area contributed by atoms with E-state index in [9.17, 15) is 14.7 Å². The van der Waals surface area contributed by atoms with E-state index in [0.29, 0.717) is 39.5 Å². The Morgan fingerprint density at radius 2 is 1.68 bits per heavy atom. The first-order valence-electron chi connectivity index (χ1n) is 12.2. The number of nitrogens with zero attached hydrogens (tertiary/aromatic N) is 3. The van der Waals surface area contributed by atoms with Gasteiger partial charge in [0.25, 0.3) is 11.7 Å². The molecule has 1 aromatic heterocycles. The van der Waals surface area contributed by atoms with Gasteiger partial charge in [0.1, 0.15) is 18.0 Å². The number of carboxylic acids is 1. The number of hydrogen-bond donors (Lipinski definition) is 2. The summed E-state index contributed by atoms with van der Waals surface area (Å²) in [5, 5.41) is 22.7. The molecule has 12 nitrogen and oxygen atoms in total. The number of rotatable bonds is 13. The Kier molecular flexibility index (Phi) is 9.78. The van der Waals surface area contributed by atoms with E-state index in [1.807, 2.05) is 34.9 Å². The van der Waals surface area contributed by atoms with Gasteiger partial charge in [-0.1, -0.05) is 30.3 Å². The zero-order valence-electron chi connectivity index (χ0n) is 22.5. The second kappa shape index (κ2) is 13.8. The Bertz CT molecular complexity index is 1520. The van der Waals surface area contributed by atoms with E-state index in [0.717, 1.165) is 11.3 Å². The maximum Gasteiger partial charge on any atom is 0.342 e. The Labute approximate surface area is 239 Å². The summed E-state index contributed by atoms with van der Waals surface area (Å²) in [4.78, 5) is 23.3. The van der Waals surface area contributed by atoms with Gasteiger partial charge in [-0.15, -0.1) is 5.10 Å². The van der Waals surface area contributed by atoms with Crippen LogP contribution in [-0.4, -0.2) is 62.0 Å². The van der Waals surface area contributed by atoms with Crippen LogP contribution in [0, 0.1) is 0 Å². The van der Waals surface area contributed by atoms with Crippen LogP contribution in [0.4, 0.5) is 0 Å². The molecule has 0 unspecified atom stereocenters. The van der Waals surface area contributed by atoms with Crippen LogP contribution in [-0.2, 0) is 9.59 Å². The third kappa shape index (κ3) is 7.13. The van der Waals surface area contributed by atoms with Gasteiger partial charge in [0.2, 0.25) is 5.75 Å². The summed E-state index contributed by atoms with van der Waals surface area (Å²) < 4.78 is 23.6. The van der Waals surface area contributed by atoms with Crippen molar-refractivity contribution < 1.29 is 38.2 Å². The first-order chi connectivity index (χ1) is 19.9. The van der Waals surface area contributed by atoms with Crippen LogP contribution >= 0.6 is 11.8 Å². The highest BCUT2D eigenvalue weighted by molar-refractivity contribution is 7.99. The van der Waals surface area contributed by atoms with Crippen molar-refractivity contribution >= 4 is 29.9 Å². The van der Waals surface area contributed by atoms with Crippen molar-refractivity contribution in [3.63, 3.8) is 0 Å². The van der Waals surface area contributed by atoms with Crippen LogP contribution in [0.2, 0.25) is 0 Å². The Morgan fingerprint density at radius 1 is 1.00 bits per heavy atom. The van der Waals surface area contributed by atoms with E-state index < -0.39 is 12.6 Å². The number of H-pyrrole nitrogens is 1. The SMILES string of the molecule is COc1cc(-c2[nH]nc(SCC(=O)NN=Cc3ccccc3OCC(=O)[O-])[n+]2-c2ccccc2)cc(OC)c1OC. The first-order valence-corrected chi connectivity index (χ1v) is 13.2. The van der Waals surface area contributed by atoms with E-state index in [1.54, 1.807) is 50.6 Å². The number of carbonyl (C=O) groups is 2. The number of hydrogen-bond acceptors (Lipinski definition) is 10. The fourth-order valence-electron chi connectivity index (χ4n) is 3.81. The fraction of sp³-hybridized carbons (Fsp3) is 0.179. The van der Waals surface area contributed by atoms with E-state index >= 15 is 0 Å². The van der Waals surface area contributed by atoms with Gasteiger partial charge in [-0.2, -0.15) is 9.67 Å². The van der Waals surface area contributed by atoms with Crippen LogP contribution < -0.4 is 34.0 Å². The first kappa shape index (κ1) is 29.0. The van der Waals surface area contributed by atoms with E-state index in [1.165, 1.54) is 25.1 Å². The summed E-state index contributed by atoms with van der Waals surface area (Å²) >= 11 is 1.20. The smallest absolute Gasteiger partial charge is 0.342 e. The van der Waals surface area contributed by atoms with Gasteiger partial charge in [0.15, 0.2) is 11.5 Å². The lowest BCUT2D eigenvalue weighted by Gasteiger charge is -2.13. The predicted molar refractivity (Wildman–Crippen MR) is 149 cm³/mol. The molecule has 3 aromatic carbocycles. The molecule has 0 saturated carbocycles. The monoisotopic (exact) mass is 577 g/mol. The molecule has 13 heteroatoms. The van der Waals surface area contributed by atoms with Crippen LogP contribution in [0.15, 0.2) is 77.0 Å². The highest BCUT2D eigenvalue weighted by atomic mass is 32.2. The van der Waals surface area contributed by atoms with Gasteiger partial charge >= 0.3 is 5.16 Å². The lowest BCUT2D eigenvalue weighted by Crippen LogP contribution is -2.34. The number of aliphatic carboxylic acids is 1. The number of carbonyl (C=O) groups excluding carboxylic acids is 2. The highest BCUT2D eigenvalue weighted by Crippen LogP contribution is 2.40. The Hall–Kier alpha value is -5.04. The minimum absolute atomic E-state index is 0.00650. The number of para-hydroxylation sites is 2. The average Bonchev–Trinajstić information content (AvgIpc) is 3.43. The number of aromatic nitrogens is 3. The third-order valence-electron chi connectivity index (χ3n) is 5.61. The zero-order chi connectivity index (χ0) is 29.2. The van der Waals surface area contributed by atoms with Crippen molar-refractivity contribution in [3.8, 4) is 40.1 Å². The molecule has 0 spiro atoms. The van der Waals surface area contributed by atoms with Gasteiger partial charge in [0.05, 0.1) is 49.9 Å². The molecule has 0 aliphatic carbocycles. The summed E-state index contributed by atoms with van der Waals surface area (Å²) in [6, 6.07) is 19.8. The Balaban J connectivity index is 1.54. The molecular formula is C28H27N5O7S. The molecule has 41 heavy (non-hydrogen) atoms. The van der Waals surface area contributed by atoms with Gasteiger partial charge in [-0.25, -0.2) is 5.43 Å². The van der Waals surface area contributed by atoms with Crippen molar-refractivity contribution in [2.24, 2.45) is 5.10 Å². The maximum atomic E-state index is 12.6. The zero-order valence-corrected chi connectivity index (χ0v) is 23.3. The van der Waals surface area contributed by atoms with E-state index in [2.05, 4.69) is 20.7 Å². The van der Waals surface area contributed by atoms with Crippen molar-refractivity contribution in [1.82, 2.24) is 15.6 Å². The van der Waals surface area contributed by atoms with E-state index in [-0.39, 0.29) is 11.7 Å². The number of methoxy groups -OCH3 is 3. The molecule has 0 bridgehead atoms. The van der Waals surface area contributed by atoms with Crippen LogP contribution in [0.5, 0.6) is 23.0 Å². The molecule has 212 valence electrons. The number of ether oxygens (including phenoxy) is 4. The highest BCUT2D eigenvalue weighted by Gasteiger charge is 2.27. The molecule has 2 N–H and O–H groups in total. The molecule has 1 heterocycles. The summed E-state index contributed by atoms with van der Waals surface area (Å²) in [5.41, 5.74) is 4.49. The van der Waals surface area contributed by atoms with Crippen molar-refractivity contribution in [2.75, 3.05) is 33.7 Å². The number of benzene rings is 3. The lowest BCUT2D eigenvalue weighted by atomic mass is 10.1. The molecule has 4 aromatic rings. The predicted octanol–water partition coefficient (Wildman–Crippen LogP) is 1.75. The number of thioether (sulfide) groups is 1. The topological polar surface area (TPSA) is 151 Å². The summed E-state index contributed by atoms with van der Waals surface area (Å²) in [6.45, 7) is -0.600. The minimum Gasteiger partial charge on any atom is -0.546 e. The number of carboxylic acid groups (broad SMARTS) is 1. The van der Waals surface area contributed by atoms with Crippen LogP contribution in [0.1, 0.15) is 5.56 Å².